The lowest BCUT2D eigenvalue weighted by molar-refractivity contribution is -0.208. The Morgan fingerprint density at radius 2 is 1.95 bits per heavy atom. The van der Waals surface area contributed by atoms with Gasteiger partial charge in [-0.15, -0.1) is 0 Å². The van der Waals surface area contributed by atoms with Crippen LogP contribution in [0.3, 0.4) is 0 Å². The highest BCUT2D eigenvalue weighted by Gasteiger charge is 2.54. The first-order valence-corrected chi connectivity index (χ1v) is 7.28. The molecule has 0 radical (unpaired) electrons. The normalized spacial score (nSPS) is 34.5. The lowest BCUT2D eigenvalue weighted by atomic mass is 9.95. The standard InChI is InChI=1S/C15H24O6/c1-14(2,3)13(17)18-7-6-9-10(8-16)19-12-11(9)20-15(4,5)21-12/h8-12H,6-7H2,1-5H3/t9-,10-,11-,12-/m1/s1. The van der Waals surface area contributed by atoms with Gasteiger partial charge in [0.25, 0.3) is 0 Å². The lowest BCUT2D eigenvalue weighted by Gasteiger charge is -2.23. The predicted molar refractivity (Wildman–Crippen MR) is 73.3 cm³/mol. The largest absolute Gasteiger partial charge is 0.465 e. The molecule has 120 valence electrons. The van der Waals surface area contributed by atoms with Crippen molar-refractivity contribution in [2.24, 2.45) is 11.3 Å². The van der Waals surface area contributed by atoms with Crippen LogP contribution in [0, 0.1) is 11.3 Å². The minimum atomic E-state index is -0.719. The Kier molecular flexibility index (Phi) is 4.42. The average molecular weight is 300 g/mol. The molecule has 0 saturated carbocycles. The number of rotatable bonds is 4. The molecule has 2 heterocycles. The van der Waals surface area contributed by atoms with Gasteiger partial charge in [-0.25, -0.2) is 0 Å². The zero-order valence-corrected chi connectivity index (χ0v) is 13.3. The molecular formula is C15H24O6. The number of hydrogen-bond acceptors (Lipinski definition) is 6. The summed E-state index contributed by atoms with van der Waals surface area (Å²) in [5.41, 5.74) is -0.534. The smallest absolute Gasteiger partial charge is 0.311 e. The summed E-state index contributed by atoms with van der Waals surface area (Å²) in [6.07, 6.45) is -0.147. The summed E-state index contributed by atoms with van der Waals surface area (Å²) in [4.78, 5) is 22.9. The molecular weight excluding hydrogens is 276 g/mol. The Morgan fingerprint density at radius 3 is 2.52 bits per heavy atom. The van der Waals surface area contributed by atoms with Crippen LogP contribution in [0.5, 0.6) is 0 Å². The first-order valence-electron chi connectivity index (χ1n) is 7.28. The predicted octanol–water partition coefficient (Wildman–Crippen LogP) is 1.66. The van der Waals surface area contributed by atoms with Crippen LogP contribution in [-0.2, 0) is 28.5 Å². The second-order valence-corrected chi connectivity index (χ2v) is 7.04. The molecule has 0 unspecified atom stereocenters. The van der Waals surface area contributed by atoms with E-state index in [0.29, 0.717) is 6.42 Å². The van der Waals surface area contributed by atoms with Crippen LogP contribution in [0.25, 0.3) is 0 Å². The van der Waals surface area contributed by atoms with Gasteiger partial charge in [0, 0.05) is 5.92 Å². The van der Waals surface area contributed by atoms with Crippen molar-refractivity contribution in [3.63, 3.8) is 0 Å². The number of carbonyl (C=O) groups excluding carboxylic acids is 2. The van der Waals surface area contributed by atoms with E-state index in [-0.39, 0.29) is 24.6 Å². The van der Waals surface area contributed by atoms with Crippen molar-refractivity contribution in [1.82, 2.24) is 0 Å². The number of aldehydes is 1. The number of fused-ring (bicyclic) bond motifs is 1. The van der Waals surface area contributed by atoms with Crippen LogP contribution in [-0.4, -0.2) is 43.1 Å². The van der Waals surface area contributed by atoms with Gasteiger partial charge in [0.05, 0.1) is 12.0 Å². The van der Waals surface area contributed by atoms with Crippen LogP contribution in [0.15, 0.2) is 0 Å². The minimum absolute atomic E-state index is 0.165. The number of esters is 1. The highest BCUT2D eigenvalue weighted by molar-refractivity contribution is 5.75. The lowest BCUT2D eigenvalue weighted by Crippen LogP contribution is -2.32. The van der Waals surface area contributed by atoms with Gasteiger partial charge in [-0.2, -0.15) is 0 Å². The van der Waals surface area contributed by atoms with Crippen molar-refractivity contribution < 1.29 is 28.5 Å². The van der Waals surface area contributed by atoms with E-state index in [1.807, 2.05) is 0 Å². The molecule has 0 aliphatic carbocycles. The molecule has 0 bridgehead atoms. The molecule has 0 N–H and O–H groups in total. The third kappa shape index (κ3) is 3.62. The SMILES string of the molecule is CC1(C)O[C@H]2O[C@H](C=O)[C@@H](CCOC(=O)C(C)(C)C)[C@H]2O1. The van der Waals surface area contributed by atoms with Crippen LogP contribution in [0.1, 0.15) is 41.0 Å². The van der Waals surface area contributed by atoms with Gasteiger partial charge in [-0.1, -0.05) is 0 Å². The van der Waals surface area contributed by atoms with Crippen LogP contribution < -0.4 is 0 Å². The number of hydrogen-bond donors (Lipinski definition) is 0. The van der Waals surface area contributed by atoms with Crippen molar-refractivity contribution in [1.29, 1.82) is 0 Å². The maximum absolute atomic E-state index is 11.7. The van der Waals surface area contributed by atoms with E-state index in [0.717, 1.165) is 6.29 Å². The minimum Gasteiger partial charge on any atom is -0.465 e. The molecule has 6 nitrogen and oxygen atoms in total. The van der Waals surface area contributed by atoms with Crippen molar-refractivity contribution in [2.45, 2.75) is 65.3 Å². The van der Waals surface area contributed by atoms with E-state index in [2.05, 4.69) is 0 Å². The Balaban J connectivity index is 1.91. The zero-order valence-electron chi connectivity index (χ0n) is 13.3. The first-order chi connectivity index (χ1) is 9.64. The summed E-state index contributed by atoms with van der Waals surface area (Å²) in [6.45, 7) is 9.25. The molecule has 4 atom stereocenters. The van der Waals surface area contributed by atoms with E-state index >= 15 is 0 Å². The maximum atomic E-state index is 11.7. The Bertz CT molecular complexity index is 411. The van der Waals surface area contributed by atoms with Gasteiger partial charge in [0.15, 0.2) is 12.1 Å². The topological polar surface area (TPSA) is 71.1 Å². The van der Waals surface area contributed by atoms with E-state index in [1.54, 1.807) is 34.6 Å². The second-order valence-electron chi connectivity index (χ2n) is 7.04. The molecule has 2 fully saturated rings. The average Bonchev–Trinajstić information content (AvgIpc) is 2.80. The van der Waals surface area contributed by atoms with Gasteiger partial charge in [-0.3, -0.25) is 4.79 Å². The molecule has 0 aromatic carbocycles. The van der Waals surface area contributed by atoms with Crippen molar-refractivity contribution in [2.75, 3.05) is 6.61 Å². The monoisotopic (exact) mass is 300 g/mol. The van der Waals surface area contributed by atoms with Crippen molar-refractivity contribution in [3.8, 4) is 0 Å². The Morgan fingerprint density at radius 1 is 1.29 bits per heavy atom. The summed E-state index contributed by atoms with van der Waals surface area (Å²) in [6, 6.07) is 0. The fraction of sp³-hybridized carbons (Fsp3) is 0.867. The van der Waals surface area contributed by atoms with Crippen molar-refractivity contribution in [3.05, 3.63) is 0 Å². The molecule has 2 rings (SSSR count). The highest BCUT2D eigenvalue weighted by Crippen LogP contribution is 2.41. The number of ether oxygens (including phenoxy) is 4. The highest BCUT2D eigenvalue weighted by atomic mass is 16.8. The summed E-state index contributed by atoms with van der Waals surface area (Å²) in [5.74, 6) is -1.14. The maximum Gasteiger partial charge on any atom is 0.311 e. The first kappa shape index (κ1) is 16.4. The molecule has 6 heteroatoms. The Labute approximate surface area is 125 Å². The summed E-state index contributed by atoms with van der Waals surface area (Å²) in [5, 5.41) is 0. The fourth-order valence-corrected chi connectivity index (χ4v) is 2.56. The molecule has 21 heavy (non-hydrogen) atoms. The molecule has 2 saturated heterocycles. The summed E-state index contributed by atoms with van der Waals surface area (Å²) in [7, 11) is 0. The molecule has 2 aliphatic rings. The van der Waals surface area contributed by atoms with E-state index < -0.39 is 23.6 Å². The molecule has 0 amide bonds. The van der Waals surface area contributed by atoms with E-state index in [4.69, 9.17) is 18.9 Å². The summed E-state index contributed by atoms with van der Waals surface area (Å²) >= 11 is 0. The molecule has 0 aromatic heterocycles. The molecule has 0 spiro atoms. The number of carbonyl (C=O) groups is 2. The third-order valence-corrected chi connectivity index (χ3v) is 3.65. The molecule has 2 aliphatic heterocycles. The molecule has 0 aromatic rings. The van der Waals surface area contributed by atoms with Gasteiger partial charge < -0.3 is 23.7 Å². The van der Waals surface area contributed by atoms with Crippen LogP contribution >= 0.6 is 0 Å². The van der Waals surface area contributed by atoms with Gasteiger partial charge in [0.1, 0.15) is 18.5 Å². The van der Waals surface area contributed by atoms with E-state index in [1.165, 1.54) is 0 Å². The van der Waals surface area contributed by atoms with Gasteiger partial charge >= 0.3 is 5.97 Å². The second kappa shape index (κ2) is 5.66. The summed E-state index contributed by atoms with van der Waals surface area (Å²) < 4.78 is 22.2. The van der Waals surface area contributed by atoms with E-state index in [9.17, 15) is 9.59 Å². The zero-order chi connectivity index (χ0) is 15.8. The van der Waals surface area contributed by atoms with Gasteiger partial charge in [-0.05, 0) is 41.0 Å². The third-order valence-electron chi connectivity index (χ3n) is 3.65. The van der Waals surface area contributed by atoms with Gasteiger partial charge in [0.2, 0.25) is 0 Å². The Hall–Kier alpha value is -0.980. The van der Waals surface area contributed by atoms with Crippen LogP contribution in [0.2, 0.25) is 0 Å². The van der Waals surface area contributed by atoms with Crippen LogP contribution in [0.4, 0.5) is 0 Å². The fourth-order valence-electron chi connectivity index (χ4n) is 2.56. The quantitative estimate of drug-likeness (QED) is 0.581. The van der Waals surface area contributed by atoms with Crippen molar-refractivity contribution >= 4 is 12.3 Å².